The number of halogens is 2. The van der Waals surface area contributed by atoms with E-state index in [9.17, 15) is 18.4 Å². The predicted octanol–water partition coefficient (Wildman–Crippen LogP) is 3.83. The summed E-state index contributed by atoms with van der Waals surface area (Å²) in [5.74, 6) is -2.03. The van der Waals surface area contributed by atoms with Crippen molar-refractivity contribution in [1.82, 2.24) is 14.2 Å². The highest BCUT2D eigenvalue weighted by Crippen LogP contribution is 2.27. The molecule has 1 N–H and O–H groups in total. The molecule has 2 aromatic carbocycles. The summed E-state index contributed by atoms with van der Waals surface area (Å²) < 4.78 is 30.7. The van der Waals surface area contributed by atoms with Gasteiger partial charge >= 0.3 is 0 Å². The van der Waals surface area contributed by atoms with Gasteiger partial charge in [-0.2, -0.15) is 4.98 Å². The molecule has 8 heteroatoms. The number of benzene rings is 2. The van der Waals surface area contributed by atoms with Crippen LogP contribution in [0.2, 0.25) is 0 Å². The largest absolute Gasteiger partial charge is 0.322 e. The van der Waals surface area contributed by atoms with Gasteiger partial charge in [0.05, 0.1) is 11.2 Å². The fourth-order valence-corrected chi connectivity index (χ4v) is 3.59. The normalized spacial score (nSPS) is 12.4. The van der Waals surface area contributed by atoms with Gasteiger partial charge in [0.1, 0.15) is 17.7 Å². The lowest BCUT2D eigenvalue weighted by Crippen LogP contribution is -2.29. The molecule has 148 valence electrons. The number of nitrogens with zero attached hydrogens (tertiary/aromatic N) is 3. The number of hydrogen-bond acceptors (Lipinski definition) is 3. The van der Waals surface area contributed by atoms with Gasteiger partial charge < -0.3 is 5.32 Å². The number of carbonyl (C=O) groups excluding carboxylic acids is 1. The maximum atomic E-state index is 14.0. The number of hydrogen-bond donors (Lipinski definition) is 1. The fraction of sp³-hybridized carbons (Fsp3) is 0.190. The molecule has 2 aromatic heterocycles. The number of aryl methyl sites for hydroxylation is 1. The molecular weight excluding hydrogens is 378 g/mol. The van der Waals surface area contributed by atoms with Crippen molar-refractivity contribution in [3.8, 4) is 0 Å². The van der Waals surface area contributed by atoms with Crippen LogP contribution in [-0.4, -0.2) is 20.1 Å². The van der Waals surface area contributed by atoms with Crippen molar-refractivity contribution in [1.29, 1.82) is 0 Å². The molecule has 1 atom stereocenters. The number of para-hydroxylation sites is 1. The van der Waals surface area contributed by atoms with E-state index in [1.54, 1.807) is 16.1 Å². The molecule has 0 unspecified atom stereocenters. The summed E-state index contributed by atoms with van der Waals surface area (Å²) >= 11 is 0. The lowest BCUT2D eigenvalue weighted by molar-refractivity contribution is -0.119. The van der Waals surface area contributed by atoms with E-state index in [1.807, 2.05) is 31.2 Å². The van der Waals surface area contributed by atoms with Crippen LogP contribution in [0.25, 0.3) is 16.6 Å². The molecular formula is C21H18F2N4O2. The number of amides is 1. The van der Waals surface area contributed by atoms with Gasteiger partial charge in [-0.25, -0.2) is 13.3 Å². The van der Waals surface area contributed by atoms with Gasteiger partial charge in [-0.3, -0.25) is 14.3 Å². The van der Waals surface area contributed by atoms with E-state index in [-0.39, 0.29) is 11.2 Å². The first kappa shape index (κ1) is 18.8. The van der Waals surface area contributed by atoms with Crippen molar-refractivity contribution >= 4 is 28.1 Å². The quantitative estimate of drug-likeness (QED) is 0.570. The number of nitrogens with one attached hydrogen (secondary N) is 1. The third kappa shape index (κ3) is 3.16. The van der Waals surface area contributed by atoms with Crippen LogP contribution >= 0.6 is 0 Å². The van der Waals surface area contributed by atoms with E-state index in [0.717, 1.165) is 23.0 Å². The Labute approximate surface area is 164 Å². The Bertz CT molecular complexity index is 1310. The topological polar surface area (TPSA) is 68.4 Å². The second-order valence-electron chi connectivity index (χ2n) is 6.77. The standard InChI is InChI=1S/C21H18F2N4O2/c1-3-17(21(29)24-16-9-8-13(22)11-15(16)23)27-18-7-5-4-6-14(18)20-25-19(28)10-12(2)26(20)27/h4-11,17H,3H2,1-2H3,(H,24,29)/t17-/m1/s1. The van der Waals surface area contributed by atoms with Crippen molar-refractivity contribution < 1.29 is 13.6 Å². The van der Waals surface area contributed by atoms with Crippen molar-refractivity contribution in [2.45, 2.75) is 26.3 Å². The van der Waals surface area contributed by atoms with E-state index in [1.165, 1.54) is 12.1 Å². The predicted molar refractivity (Wildman–Crippen MR) is 106 cm³/mol. The van der Waals surface area contributed by atoms with Gasteiger partial charge in [-0.1, -0.05) is 19.1 Å². The zero-order chi connectivity index (χ0) is 20.7. The average molecular weight is 396 g/mol. The van der Waals surface area contributed by atoms with Gasteiger partial charge in [0.2, 0.25) is 5.91 Å². The molecule has 2 heterocycles. The Morgan fingerprint density at radius 2 is 1.93 bits per heavy atom. The van der Waals surface area contributed by atoms with Gasteiger partial charge in [-0.05, 0) is 37.6 Å². The van der Waals surface area contributed by atoms with Gasteiger partial charge in [-0.15, -0.1) is 0 Å². The molecule has 4 rings (SSSR count). The Kier molecular flexibility index (Phi) is 4.62. The monoisotopic (exact) mass is 396 g/mol. The second kappa shape index (κ2) is 7.12. The van der Waals surface area contributed by atoms with E-state index in [2.05, 4.69) is 10.3 Å². The lowest BCUT2D eigenvalue weighted by Gasteiger charge is -2.20. The Morgan fingerprint density at radius 3 is 2.66 bits per heavy atom. The summed E-state index contributed by atoms with van der Waals surface area (Å²) in [7, 11) is 0. The molecule has 6 nitrogen and oxygen atoms in total. The molecule has 1 amide bonds. The molecule has 0 aliphatic heterocycles. The zero-order valence-electron chi connectivity index (χ0n) is 15.8. The first-order chi connectivity index (χ1) is 13.9. The summed E-state index contributed by atoms with van der Waals surface area (Å²) in [6.45, 7) is 3.59. The van der Waals surface area contributed by atoms with Crippen molar-refractivity contribution in [3.05, 3.63) is 76.2 Å². The van der Waals surface area contributed by atoms with Crippen molar-refractivity contribution in [2.75, 3.05) is 5.32 Å². The number of aromatic nitrogens is 3. The number of anilines is 1. The Hall–Kier alpha value is -3.55. The molecule has 4 aromatic rings. The number of rotatable bonds is 4. The molecule has 0 saturated heterocycles. The fourth-order valence-electron chi connectivity index (χ4n) is 3.59. The molecule has 0 spiro atoms. The summed E-state index contributed by atoms with van der Waals surface area (Å²) in [4.78, 5) is 29.1. The van der Waals surface area contributed by atoms with E-state index < -0.39 is 23.6 Å². The smallest absolute Gasteiger partial charge is 0.273 e. The van der Waals surface area contributed by atoms with Crippen molar-refractivity contribution in [3.63, 3.8) is 0 Å². The van der Waals surface area contributed by atoms with E-state index in [0.29, 0.717) is 17.8 Å². The summed E-state index contributed by atoms with van der Waals surface area (Å²) in [5.41, 5.74) is 1.32. The van der Waals surface area contributed by atoms with Crippen LogP contribution in [0.1, 0.15) is 25.1 Å². The summed E-state index contributed by atoms with van der Waals surface area (Å²) in [6.07, 6.45) is 0.397. The first-order valence-corrected chi connectivity index (χ1v) is 9.16. The molecule has 29 heavy (non-hydrogen) atoms. The average Bonchev–Trinajstić information content (AvgIpc) is 3.00. The molecule has 0 saturated carbocycles. The lowest BCUT2D eigenvalue weighted by atomic mass is 10.2. The molecule has 0 aliphatic rings. The Balaban J connectivity index is 1.88. The highest BCUT2D eigenvalue weighted by Gasteiger charge is 2.25. The van der Waals surface area contributed by atoms with E-state index in [4.69, 9.17) is 0 Å². The van der Waals surface area contributed by atoms with Crippen molar-refractivity contribution in [2.24, 2.45) is 0 Å². The Morgan fingerprint density at radius 1 is 1.17 bits per heavy atom. The van der Waals surface area contributed by atoms with Gasteiger partial charge in [0.25, 0.3) is 5.56 Å². The third-order valence-electron chi connectivity index (χ3n) is 4.86. The van der Waals surface area contributed by atoms with Crippen LogP contribution in [0.5, 0.6) is 0 Å². The summed E-state index contributed by atoms with van der Waals surface area (Å²) in [6, 6.07) is 11.0. The SMILES string of the molecule is CC[C@H](C(=O)Nc1ccc(F)cc1F)n1c2ccccc2c2nc(=O)cc(C)n21. The third-order valence-corrected chi connectivity index (χ3v) is 4.86. The van der Waals surface area contributed by atoms with Crippen LogP contribution in [0.4, 0.5) is 14.5 Å². The van der Waals surface area contributed by atoms with Crippen LogP contribution in [0, 0.1) is 18.6 Å². The molecule has 0 aliphatic carbocycles. The molecule has 0 radical (unpaired) electrons. The minimum Gasteiger partial charge on any atom is -0.322 e. The van der Waals surface area contributed by atoms with Crippen LogP contribution < -0.4 is 10.9 Å². The minimum atomic E-state index is -0.850. The maximum Gasteiger partial charge on any atom is 0.273 e. The minimum absolute atomic E-state index is 0.0997. The number of fused-ring (bicyclic) bond motifs is 3. The number of carbonyl (C=O) groups is 1. The summed E-state index contributed by atoms with van der Waals surface area (Å²) in [5, 5.41) is 3.27. The maximum absolute atomic E-state index is 14.0. The van der Waals surface area contributed by atoms with Gasteiger partial charge in [0.15, 0.2) is 5.65 Å². The second-order valence-corrected chi connectivity index (χ2v) is 6.77. The zero-order valence-corrected chi connectivity index (χ0v) is 15.8. The molecule has 0 fully saturated rings. The molecule has 0 bridgehead atoms. The van der Waals surface area contributed by atoms with E-state index >= 15 is 0 Å². The highest BCUT2D eigenvalue weighted by molar-refractivity contribution is 5.97. The van der Waals surface area contributed by atoms with Crippen LogP contribution in [0.15, 0.2) is 53.3 Å². The highest BCUT2D eigenvalue weighted by atomic mass is 19.1. The van der Waals surface area contributed by atoms with Crippen LogP contribution in [-0.2, 0) is 4.79 Å². The van der Waals surface area contributed by atoms with Crippen LogP contribution in [0.3, 0.4) is 0 Å². The van der Waals surface area contributed by atoms with Gasteiger partial charge in [0, 0.05) is 23.2 Å². The first-order valence-electron chi connectivity index (χ1n) is 9.16.